The van der Waals surface area contributed by atoms with Gasteiger partial charge in [-0.25, -0.2) is 14.5 Å². The maximum absolute atomic E-state index is 12.1. The first kappa shape index (κ1) is 23.0. The molecule has 1 saturated heterocycles. The van der Waals surface area contributed by atoms with Crippen molar-refractivity contribution in [3.8, 4) is 11.4 Å². The predicted molar refractivity (Wildman–Crippen MR) is 119 cm³/mol. The van der Waals surface area contributed by atoms with Crippen LogP contribution in [0, 0.1) is 0 Å². The van der Waals surface area contributed by atoms with E-state index in [0.717, 1.165) is 16.9 Å². The molecule has 11 heteroatoms. The number of methoxy groups -OCH3 is 1. The molecule has 0 saturated carbocycles. The number of hydrogen-bond donors (Lipinski definition) is 3. The van der Waals surface area contributed by atoms with E-state index < -0.39 is 19.7 Å². The van der Waals surface area contributed by atoms with Crippen molar-refractivity contribution >= 4 is 14.0 Å². The minimum Gasteiger partial charge on any atom is -0.497 e. The molecule has 2 heterocycles. The summed E-state index contributed by atoms with van der Waals surface area (Å²) in [7, 11) is -0.832. The third-order valence-electron chi connectivity index (χ3n) is 5.60. The van der Waals surface area contributed by atoms with E-state index in [1.54, 1.807) is 7.11 Å². The minimum absolute atomic E-state index is 0.0705. The zero-order valence-corrected chi connectivity index (χ0v) is 18.8. The van der Waals surface area contributed by atoms with E-state index in [1.165, 1.54) is 11.0 Å². The monoisotopic (exact) mass is 471 g/mol. The highest BCUT2D eigenvalue weighted by Crippen LogP contribution is 2.33. The van der Waals surface area contributed by atoms with Crippen LogP contribution < -0.4 is 10.1 Å². The lowest BCUT2D eigenvalue weighted by atomic mass is 10.0. The van der Waals surface area contributed by atoms with E-state index in [4.69, 9.17) is 14.6 Å². The largest absolute Gasteiger partial charge is 0.511 e. The van der Waals surface area contributed by atoms with Crippen LogP contribution >= 0.6 is 8.03 Å². The van der Waals surface area contributed by atoms with Gasteiger partial charge in [-0.1, -0.05) is 24.3 Å². The average molecular weight is 471 g/mol. The molecule has 4 atom stereocenters. The fourth-order valence-corrected chi connectivity index (χ4v) is 4.60. The number of benzene rings is 2. The predicted octanol–water partition coefficient (Wildman–Crippen LogP) is 2.35. The molecule has 1 aliphatic heterocycles. The second kappa shape index (κ2) is 10.2. The summed E-state index contributed by atoms with van der Waals surface area (Å²) in [6, 6.07) is 14.8. The number of carboxylic acid groups (broad SMARTS) is 1. The molecular formula is C22H24N4O6P+. The Bertz CT molecular complexity index is 1110. The maximum atomic E-state index is 12.1. The molecule has 1 aromatic heterocycles. The molecule has 2 aromatic carbocycles. The van der Waals surface area contributed by atoms with Crippen LogP contribution in [0.5, 0.6) is 5.75 Å². The Labute approximate surface area is 191 Å². The Morgan fingerprint density at radius 1 is 1.27 bits per heavy atom. The highest BCUT2D eigenvalue weighted by molar-refractivity contribution is 7.39. The molecule has 3 aromatic rings. The number of morpholine rings is 1. The third-order valence-corrected chi connectivity index (χ3v) is 6.68. The molecule has 10 nitrogen and oxygen atoms in total. The quantitative estimate of drug-likeness (QED) is 0.423. The summed E-state index contributed by atoms with van der Waals surface area (Å²) in [6.07, 6.45) is 1.39. The van der Waals surface area contributed by atoms with E-state index in [-0.39, 0.29) is 18.0 Å². The van der Waals surface area contributed by atoms with E-state index in [9.17, 15) is 14.3 Å². The topological polar surface area (TPSA) is 136 Å². The van der Waals surface area contributed by atoms with Crippen LogP contribution in [0.4, 0.5) is 0 Å². The van der Waals surface area contributed by atoms with E-state index >= 15 is 0 Å². The van der Waals surface area contributed by atoms with Crippen molar-refractivity contribution in [1.82, 2.24) is 20.1 Å². The van der Waals surface area contributed by atoms with Crippen LogP contribution in [-0.4, -0.2) is 62.8 Å². The molecule has 4 rings (SSSR count). The van der Waals surface area contributed by atoms with Gasteiger partial charge in [-0.15, -0.1) is 5.10 Å². The maximum Gasteiger partial charge on any atom is 0.511 e. The van der Waals surface area contributed by atoms with Crippen molar-refractivity contribution in [1.29, 1.82) is 0 Å². The van der Waals surface area contributed by atoms with Gasteiger partial charge in [0.15, 0.2) is 0 Å². The second-order valence-corrected chi connectivity index (χ2v) is 8.93. The van der Waals surface area contributed by atoms with Crippen molar-refractivity contribution in [2.24, 2.45) is 0 Å². The summed E-state index contributed by atoms with van der Waals surface area (Å²) in [6.45, 7) is 0.804. The molecule has 0 bridgehead atoms. The lowest BCUT2D eigenvalue weighted by molar-refractivity contribution is 0.000694. The molecule has 2 unspecified atom stereocenters. The van der Waals surface area contributed by atoms with E-state index in [1.807, 2.05) is 48.5 Å². The summed E-state index contributed by atoms with van der Waals surface area (Å²) >= 11 is 0. The summed E-state index contributed by atoms with van der Waals surface area (Å²) < 4.78 is 24.6. The molecule has 0 radical (unpaired) electrons. The fourth-order valence-electron chi connectivity index (χ4n) is 3.76. The van der Waals surface area contributed by atoms with Gasteiger partial charge in [0.2, 0.25) is 5.66 Å². The Kier molecular flexibility index (Phi) is 7.10. The van der Waals surface area contributed by atoms with E-state index in [0.29, 0.717) is 25.3 Å². The molecule has 0 amide bonds. The first-order valence-electron chi connectivity index (χ1n) is 10.3. The number of aromatic carboxylic acids is 1. The van der Waals surface area contributed by atoms with Gasteiger partial charge in [0, 0.05) is 13.0 Å². The van der Waals surface area contributed by atoms with Crippen molar-refractivity contribution < 1.29 is 28.8 Å². The smallest absolute Gasteiger partial charge is 0.497 e. The second-order valence-electron chi connectivity index (χ2n) is 7.66. The minimum atomic E-state index is -2.43. The summed E-state index contributed by atoms with van der Waals surface area (Å²) in [5.74, 6) is -0.712. The van der Waals surface area contributed by atoms with Gasteiger partial charge in [-0.3, -0.25) is 0 Å². The number of aromatic nitrogens is 3. The average Bonchev–Trinajstić information content (AvgIpc) is 3.34. The van der Waals surface area contributed by atoms with Gasteiger partial charge in [0.1, 0.15) is 18.2 Å². The van der Waals surface area contributed by atoms with Crippen LogP contribution in [0.2, 0.25) is 0 Å². The fraction of sp³-hybridized carbons (Fsp3) is 0.318. The highest BCUT2D eigenvalue weighted by atomic mass is 31.1. The molecule has 3 N–H and O–H groups in total. The lowest BCUT2D eigenvalue weighted by Crippen LogP contribution is -2.46. The SMILES string of the molecule is COc1ccc(CC([C@H]2CN[C@H](c3ccc(-n4cnc(C(=O)O)n4)cc3)CO2)[P+](=O)O)cc1. The first-order chi connectivity index (χ1) is 15.9. The molecule has 0 spiro atoms. The molecular weight excluding hydrogens is 447 g/mol. The Hall–Kier alpha value is -3.17. The van der Waals surface area contributed by atoms with Gasteiger partial charge in [0.05, 0.1) is 25.4 Å². The highest BCUT2D eigenvalue weighted by Gasteiger charge is 2.40. The number of carbonyl (C=O) groups is 1. The van der Waals surface area contributed by atoms with Crippen LogP contribution in [0.3, 0.4) is 0 Å². The number of rotatable bonds is 8. The summed E-state index contributed by atoms with van der Waals surface area (Å²) in [5.41, 5.74) is 2.08. The number of nitrogens with one attached hydrogen (secondary N) is 1. The van der Waals surface area contributed by atoms with Crippen LogP contribution in [0.25, 0.3) is 5.69 Å². The number of carboxylic acids is 1. The van der Waals surface area contributed by atoms with Gasteiger partial charge < -0.3 is 19.9 Å². The molecule has 1 fully saturated rings. The Morgan fingerprint density at radius 3 is 2.55 bits per heavy atom. The van der Waals surface area contributed by atoms with Gasteiger partial charge in [-0.2, -0.15) is 4.89 Å². The zero-order chi connectivity index (χ0) is 23.4. The summed E-state index contributed by atoms with van der Waals surface area (Å²) in [5, 5.41) is 16.3. The molecule has 33 heavy (non-hydrogen) atoms. The van der Waals surface area contributed by atoms with Crippen molar-refractivity contribution in [2.45, 2.75) is 24.2 Å². The normalized spacial score (nSPS) is 19.6. The summed E-state index contributed by atoms with van der Waals surface area (Å²) in [4.78, 5) is 24.6. The van der Waals surface area contributed by atoms with Crippen LogP contribution in [-0.2, 0) is 15.7 Å². The Balaban J connectivity index is 1.37. The van der Waals surface area contributed by atoms with E-state index in [2.05, 4.69) is 15.4 Å². The number of nitrogens with zero attached hydrogens (tertiary/aromatic N) is 3. The van der Waals surface area contributed by atoms with Crippen molar-refractivity contribution in [2.75, 3.05) is 20.3 Å². The molecule has 0 aliphatic carbocycles. The van der Waals surface area contributed by atoms with Crippen molar-refractivity contribution in [3.63, 3.8) is 0 Å². The van der Waals surface area contributed by atoms with Gasteiger partial charge in [0.25, 0.3) is 5.82 Å². The first-order valence-corrected chi connectivity index (χ1v) is 11.6. The Morgan fingerprint density at radius 2 is 2.00 bits per heavy atom. The van der Waals surface area contributed by atoms with Gasteiger partial charge >= 0.3 is 14.0 Å². The molecule has 172 valence electrons. The number of hydrogen-bond acceptors (Lipinski definition) is 7. The standard InChI is InChI=1S/C22H23N4O6P/c1-31-17-8-2-14(3-9-17)10-20(33(29)30)19-11-23-18(12-32-19)15-4-6-16(7-5-15)26-13-24-21(25-26)22(27)28/h2-9,13,18-20,23H,10-12H2,1H3,(H-,27,28,29,30)/p+1/t18-,19+,20?/m0/s1. The van der Waals surface area contributed by atoms with Gasteiger partial charge in [-0.05, 0) is 40.0 Å². The van der Waals surface area contributed by atoms with Crippen LogP contribution in [0.1, 0.15) is 27.8 Å². The third kappa shape index (κ3) is 5.43. The number of ether oxygens (including phenoxy) is 2. The molecule has 1 aliphatic rings. The van der Waals surface area contributed by atoms with Crippen LogP contribution in [0.15, 0.2) is 54.9 Å². The zero-order valence-electron chi connectivity index (χ0n) is 17.9. The van der Waals surface area contributed by atoms with Crippen molar-refractivity contribution in [3.05, 3.63) is 71.8 Å². The lowest BCUT2D eigenvalue weighted by Gasteiger charge is -2.31.